The predicted molar refractivity (Wildman–Crippen MR) is 87.6 cm³/mol. The van der Waals surface area contributed by atoms with Crippen LogP contribution in [-0.2, 0) is 4.79 Å². The third-order valence-electron chi connectivity index (χ3n) is 3.28. The Morgan fingerprint density at radius 1 is 1.26 bits per heavy atom. The maximum Gasteiger partial charge on any atom is 0.311 e. The summed E-state index contributed by atoms with van der Waals surface area (Å²) in [6.45, 7) is 3.55. The third kappa shape index (κ3) is 4.29. The van der Waals surface area contributed by atoms with Gasteiger partial charge >= 0.3 is 5.69 Å². The lowest BCUT2D eigenvalue weighted by Gasteiger charge is -2.17. The van der Waals surface area contributed by atoms with Gasteiger partial charge in [-0.05, 0) is 37.1 Å². The van der Waals surface area contributed by atoms with Crippen molar-refractivity contribution in [3.63, 3.8) is 0 Å². The van der Waals surface area contributed by atoms with Crippen LogP contribution in [0.3, 0.4) is 0 Å². The zero-order valence-corrected chi connectivity index (χ0v) is 13.0. The molecular formula is C17H18N2O4. The average molecular weight is 314 g/mol. The van der Waals surface area contributed by atoms with Crippen LogP contribution in [0.25, 0.3) is 0 Å². The fourth-order valence-electron chi connectivity index (χ4n) is 2.09. The van der Waals surface area contributed by atoms with Crippen molar-refractivity contribution >= 4 is 17.3 Å². The summed E-state index contributed by atoms with van der Waals surface area (Å²) in [7, 11) is 0. The average Bonchev–Trinajstić information content (AvgIpc) is 2.54. The predicted octanol–water partition coefficient (Wildman–Crippen LogP) is 3.70. The first-order valence-corrected chi connectivity index (χ1v) is 7.29. The summed E-state index contributed by atoms with van der Waals surface area (Å²) in [5.41, 5.74) is 1.26. The lowest BCUT2D eigenvalue weighted by molar-refractivity contribution is -0.386. The fraction of sp³-hybridized carbons (Fsp3) is 0.235. The number of para-hydroxylation sites is 1. The number of hydrogen-bond acceptors (Lipinski definition) is 4. The molecule has 0 aromatic heterocycles. The molecule has 1 N–H and O–H groups in total. The number of aryl methyl sites for hydroxylation is 1. The molecule has 0 heterocycles. The molecule has 1 unspecified atom stereocenters. The molecule has 1 amide bonds. The van der Waals surface area contributed by atoms with Crippen LogP contribution < -0.4 is 10.1 Å². The minimum atomic E-state index is -0.809. The van der Waals surface area contributed by atoms with Crippen LogP contribution in [-0.4, -0.2) is 16.9 Å². The van der Waals surface area contributed by atoms with E-state index in [1.54, 1.807) is 32.0 Å². The molecule has 0 spiro atoms. The molecule has 120 valence electrons. The molecular weight excluding hydrogens is 296 g/mol. The zero-order valence-electron chi connectivity index (χ0n) is 13.0. The lowest BCUT2D eigenvalue weighted by Crippen LogP contribution is -2.32. The van der Waals surface area contributed by atoms with Gasteiger partial charge in [-0.15, -0.1) is 0 Å². The third-order valence-corrected chi connectivity index (χ3v) is 3.28. The zero-order chi connectivity index (χ0) is 16.8. The normalized spacial score (nSPS) is 11.6. The minimum absolute atomic E-state index is 0.0932. The molecule has 0 saturated carbocycles. The number of nitro groups is 1. The summed E-state index contributed by atoms with van der Waals surface area (Å²) in [4.78, 5) is 22.9. The quantitative estimate of drug-likeness (QED) is 0.651. The van der Waals surface area contributed by atoms with Crippen LogP contribution in [0, 0.1) is 17.0 Å². The monoisotopic (exact) mass is 314 g/mol. The Hall–Kier alpha value is -2.89. The van der Waals surface area contributed by atoms with Crippen LogP contribution in [0.5, 0.6) is 5.75 Å². The highest BCUT2D eigenvalue weighted by molar-refractivity contribution is 5.94. The van der Waals surface area contributed by atoms with Gasteiger partial charge in [-0.3, -0.25) is 14.9 Å². The molecule has 2 rings (SSSR count). The largest absolute Gasteiger partial charge is 0.473 e. The summed E-state index contributed by atoms with van der Waals surface area (Å²) in [5, 5.41) is 13.9. The second-order valence-corrected chi connectivity index (χ2v) is 5.10. The number of carbonyl (C=O) groups excluding carboxylic acids is 1. The van der Waals surface area contributed by atoms with Crippen molar-refractivity contribution in [1.82, 2.24) is 0 Å². The van der Waals surface area contributed by atoms with Crippen molar-refractivity contribution in [2.45, 2.75) is 26.4 Å². The number of nitro benzene ring substituents is 1. The van der Waals surface area contributed by atoms with Crippen molar-refractivity contribution in [3.05, 3.63) is 64.2 Å². The van der Waals surface area contributed by atoms with Gasteiger partial charge in [-0.2, -0.15) is 0 Å². The second kappa shape index (κ2) is 7.40. The standard InChI is InChI=1S/C17H18N2O4/c1-3-15(17(20)18-13-7-5-4-6-8-13)23-16-10-9-12(2)11-14(16)19(21)22/h4-11,15H,3H2,1-2H3,(H,18,20). The summed E-state index contributed by atoms with van der Waals surface area (Å²) < 4.78 is 5.59. The molecule has 23 heavy (non-hydrogen) atoms. The summed E-state index contributed by atoms with van der Waals surface area (Å²) in [6, 6.07) is 13.6. The molecule has 0 radical (unpaired) electrons. The summed E-state index contributed by atoms with van der Waals surface area (Å²) in [6.07, 6.45) is -0.416. The Labute approximate surface area is 134 Å². The SMILES string of the molecule is CCC(Oc1ccc(C)cc1[N+](=O)[O-])C(=O)Nc1ccccc1. The lowest BCUT2D eigenvalue weighted by atomic mass is 10.2. The Morgan fingerprint density at radius 3 is 2.57 bits per heavy atom. The van der Waals surface area contributed by atoms with Crippen LogP contribution in [0.15, 0.2) is 48.5 Å². The Morgan fingerprint density at radius 2 is 1.96 bits per heavy atom. The number of nitrogens with zero attached hydrogens (tertiary/aromatic N) is 1. The van der Waals surface area contributed by atoms with Gasteiger partial charge in [0.2, 0.25) is 0 Å². The molecule has 2 aromatic carbocycles. The minimum Gasteiger partial charge on any atom is -0.473 e. The maximum absolute atomic E-state index is 12.3. The Balaban J connectivity index is 2.16. The van der Waals surface area contributed by atoms with Crippen molar-refractivity contribution < 1.29 is 14.5 Å². The van der Waals surface area contributed by atoms with Crippen molar-refractivity contribution in [3.8, 4) is 5.75 Å². The van der Waals surface area contributed by atoms with E-state index in [-0.39, 0.29) is 17.3 Å². The smallest absolute Gasteiger partial charge is 0.311 e. The van der Waals surface area contributed by atoms with Crippen molar-refractivity contribution in [2.75, 3.05) is 5.32 Å². The molecule has 2 aromatic rings. The van der Waals surface area contributed by atoms with E-state index >= 15 is 0 Å². The van der Waals surface area contributed by atoms with Gasteiger partial charge in [-0.1, -0.05) is 31.2 Å². The van der Waals surface area contributed by atoms with Crippen molar-refractivity contribution in [2.24, 2.45) is 0 Å². The van der Waals surface area contributed by atoms with E-state index < -0.39 is 11.0 Å². The molecule has 6 heteroatoms. The van der Waals surface area contributed by atoms with Gasteiger partial charge < -0.3 is 10.1 Å². The van der Waals surface area contributed by atoms with E-state index in [0.717, 1.165) is 5.56 Å². The number of ether oxygens (including phenoxy) is 1. The van der Waals surface area contributed by atoms with E-state index in [0.29, 0.717) is 12.1 Å². The number of rotatable bonds is 6. The van der Waals surface area contributed by atoms with E-state index in [4.69, 9.17) is 4.74 Å². The van der Waals surface area contributed by atoms with Crippen molar-refractivity contribution in [1.29, 1.82) is 0 Å². The highest BCUT2D eigenvalue weighted by Gasteiger charge is 2.23. The van der Waals surface area contributed by atoms with Crippen LogP contribution in [0.1, 0.15) is 18.9 Å². The topological polar surface area (TPSA) is 81.5 Å². The van der Waals surface area contributed by atoms with Gasteiger partial charge in [0.25, 0.3) is 5.91 Å². The van der Waals surface area contributed by atoms with E-state index in [1.165, 1.54) is 12.1 Å². The molecule has 0 aliphatic heterocycles. The number of benzene rings is 2. The summed E-state index contributed by atoms with van der Waals surface area (Å²) in [5.74, 6) is -0.246. The van der Waals surface area contributed by atoms with E-state index in [2.05, 4.69) is 5.32 Å². The number of anilines is 1. The van der Waals surface area contributed by atoms with Gasteiger partial charge in [-0.25, -0.2) is 0 Å². The van der Waals surface area contributed by atoms with E-state index in [1.807, 2.05) is 18.2 Å². The van der Waals surface area contributed by atoms with Crippen LogP contribution in [0.2, 0.25) is 0 Å². The molecule has 1 atom stereocenters. The molecule has 0 saturated heterocycles. The first-order valence-electron chi connectivity index (χ1n) is 7.29. The molecule has 6 nitrogen and oxygen atoms in total. The molecule has 0 aliphatic rings. The highest BCUT2D eigenvalue weighted by atomic mass is 16.6. The van der Waals surface area contributed by atoms with E-state index in [9.17, 15) is 14.9 Å². The van der Waals surface area contributed by atoms with Crippen LogP contribution >= 0.6 is 0 Å². The summed E-state index contributed by atoms with van der Waals surface area (Å²) >= 11 is 0. The number of nitrogens with one attached hydrogen (secondary N) is 1. The Kier molecular flexibility index (Phi) is 5.30. The first kappa shape index (κ1) is 16.5. The number of amides is 1. The first-order chi connectivity index (χ1) is 11.0. The van der Waals surface area contributed by atoms with Crippen LogP contribution in [0.4, 0.5) is 11.4 Å². The maximum atomic E-state index is 12.3. The van der Waals surface area contributed by atoms with Gasteiger partial charge in [0.05, 0.1) is 4.92 Å². The van der Waals surface area contributed by atoms with Gasteiger partial charge in [0.1, 0.15) is 0 Å². The fourth-order valence-corrected chi connectivity index (χ4v) is 2.09. The Bertz CT molecular complexity index is 701. The number of carbonyl (C=O) groups is 1. The second-order valence-electron chi connectivity index (χ2n) is 5.10. The molecule has 0 bridgehead atoms. The number of hydrogen-bond donors (Lipinski definition) is 1. The highest BCUT2D eigenvalue weighted by Crippen LogP contribution is 2.29. The van der Waals surface area contributed by atoms with Gasteiger partial charge in [0.15, 0.2) is 11.9 Å². The van der Waals surface area contributed by atoms with Gasteiger partial charge in [0, 0.05) is 11.8 Å². The molecule has 0 fully saturated rings. The molecule has 0 aliphatic carbocycles.